The number of alkyl halides is 1. The normalized spacial score (nSPS) is 17.1. The molecule has 1 saturated carbocycles. The second kappa shape index (κ2) is 14.4. The van der Waals surface area contributed by atoms with Crippen molar-refractivity contribution in [3.63, 3.8) is 0 Å². The van der Waals surface area contributed by atoms with Crippen molar-refractivity contribution >= 4 is 22.9 Å². The maximum Gasteiger partial charge on any atom is 0.243 e. The summed E-state index contributed by atoms with van der Waals surface area (Å²) in [5.41, 5.74) is 0.349. The quantitative estimate of drug-likeness (QED) is 0.241. The molecule has 1 heterocycles. The van der Waals surface area contributed by atoms with E-state index in [1.165, 1.54) is 6.08 Å². The van der Waals surface area contributed by atoms with E-state index in [4.69, 9.17) is 0 Å². The molecular formula is C24H38FN3O3S. The van der Waals surface area contributed by atoms with Crippen LogP contribution in [0.1, 0.15) is 83.1 Å². The average Bonchev–Trinajstić information content (AvgIpc) is 2.78. The molecule has 1 unspecified atom stereocenters. The van der Waals surface area contributed by atoms with E-state index in [-0.39, 0.29) is 11.9 Å². The van der Waals surface area contributed by atoms with Gasteiger partial charge >= 0.3 is 0 Å². The summed E-state index contributed by atoms with van der Waals surface area (Å²) in [6.07, 6.45) is 16.0. The lowest BCUT2D eigenvalue weighted by Crippen LogP contribution is -2.53. The molecule has 1 aromatic rings. The number of carbonyl (C=O) groups excluding carboxylic acids is 1. The molecular weight excluding hydrogens is 429 g/mol. The standard InChI is InChI=1S/C24H38FN3O3S/c1-21(28(32(30)31)24(16-17-25)14-6-4-7-15-24)10-5-2-3-8-19-27-23(29)13-12-22-11-9-18-26-20-22/h9,11-13,18,20-21,32H,2-8,10,14-17,19H2,1H3,(H,27,29)/b13-12+. The molecule has 1 N–H and O–H groups in total. The van der Waals surface area contributed by atoms with E-state index in [1.807, 2.05) is 19.1 Å². The number of pyridine rings is 1. The average molecular weight is 468 g/mol. The van der Waals surface area contributed by atoms with Gasteiger partial charge in [0.15, 0.2) is 0 Å². The van der Waals surface area contributed by atoms with Crippen molar-refractivity contribution in [3.05, 3.63) is 36.2 Å². The van der Waals surface area contributed by atoms with Gasteiger partial charge in [-0.1, -0.05) is 44.6 Å². The Hall–Kier alpha value is -1.80. The highest BCUT2D eigenvalue weighted by Crippen LogP contribution is 2.38. The minimum Gasteiger partial charge on any atom is -0.353 e. The minimum absolute atomic E-state index is 0.113. The number of halogens is 1. The summed E-state index contributed by atoms with van der Waals surface area (Å²) in [6, 6.07) is 3.59. The van der Waals surface area contributed by atoms with Crippen molar-refractivity contribution in [2.75, 3.05) is 13.2 Å². The molecule has 8 heteroatoms. The van der Waals surface area contributed by atoms with E-state index in [9.17, 15) is 17.6 Å². The zero-order valence-electron chi connectivity index (χ0n) is 19.2. The number of amides is 1. The zero-order valence-corrected chi connectivity index (χ0v) is 20.1. The molecule has 0 radical (unpaired) electrons. The SMILES string of the molecule is CC(CCCCCCNC(=O)/C=C/c1cccnc1)N([SH](=O)=O)C1(CCF)CCCCC1. The Balaban J connectivity index is 1.67. The van der Waals surface area contributed by atoms with E-state index in [1.54, 1.807) is 22.8 Å². The first kappa shape index (κ1) is 26.5. The van der Waals surface area contributed by atoms with Gasteiger partial charge in [0.1, 0.15) is 0 Å². The number of hydrogen-bond donors (Lipinski definition) is 2. The molecule has 6 nitrogen and oxygen atoms in total. The fourth-order valence-electron chi connectivity index (χ4n) is 4.74. The Morgan fingerprint density at radius 3 is 2.66 bits per heavy atom. The minimum atomic E-state index is -2.74. The van der Waals surface area contributed by atoms with E-state index in [0.29, 0.717) is 13.0 Å². The van der Waals surface area contributed by atoms with Gasteiger partial charge in [-0.3, -0.25) is 14.2 Å². The number of thiol groups is 1. The predicted molar refractivity (Wildman–Crippen MR) is 127 cm³/mol. The summed E-state index contributed by atoms with van der Waals surface area (Å²) in [6.45, 7) is 2.09. The zero-order chi connectivity index (χ0) is 23.2. The molecule has 0 aromatic carbocycles. The van der Waals surface area contributed by atoms with Crippen LogP contribution in [0, 0.1) is 0 Å². The Bertz CT molecular complexity index is 766. The molecule has 1 aromatic heterocycles. The first-order valence-electron chi connectivity index (χ1n) is 11.8. The summed E-state index contributed by atoms with van der Waals surface area (Å²) in [4.78, 5) is 15.9. The van der Waals surface area contributed by atoms with Crippen molar-refractivity contribution in [2.45, 2.75) is 89.1 Å². The van der Waals surface area contributed by atoms with Crippen molar-refractivity contribution in [3.8, 4) is 0 Å². The van der Waals surface area contributed by atoms with Gasteiger partial charge in [0.25, 0.3) is 0 Å². The summed E-state index contributed by atoms with van der Waals surface area (Å²) >= 11 is 0. The fourth-order valence-corrected chi connectivity index (χ4v) is 5.82. The molecule has 1 aliphatic rings. The highest BCUT2D eigenvalue weighted by Gasteiger charge is 2.41. The summed E-state index contributed by atoms with van der Waals surface area (Å²) in [7, 11) is -2.74. The van der Waals surface area contributed by atoms with Crippen LogP contribution >= 0.6 is 0 Å². The number of carbonyl (C=O) groups is 1. The lowest BCUT2D eigenvalue weighted by atomic mass is 9.78. The molecule has 180 valence electrons. The lowest BCUT2D eigenvalue weighted by Gasteiger charge is -2.45. The van der Waals surface area contributed by atoms with Crippen molar-refractivity contribution < 1.29 is 17.6 Å². The Labute approximate surface area is 193 Å². The summed E-state index contributed by atoms with van der Waals surface area (Å²) < 4.78 is 39.1. The Kier molecular flexibility index (Phi) is 11.9. The Morgan fingerprint density at radius 2 is 2.00 bits per heavy atom. The first-order valence-corrected chi connectivity index (χ1v) is 13.0. The van der Waals surface area contributed by atoms with E-state index in [2.05, 4.69) is 10.3 Å². The van der Waals surface area contributed by atoms with Crippen molar-refractivity contribution in [2.24, 2.45) is 0 Å². The van der Waals surface area contributed by atoms with Crippen molar-refractivity contribution in [1.29, 1.82) is 0 Å². The second-order valence-corrected chi connectivity index (χ2v) is 9.68. The van der Waals surface area contributed by atoms with E-state index >= 15 is 0 Å². The van der Waals surface area contributed by atoms with Gasteiger partial charge in [-0.05, 0) is 56.7 Å². The highest BCUT2D eigenvalue weighted by molar-refractivity contribution is 7.69. The van der Waals surface area contributed by atoms with Gasteiger partial charge in [0.2, 0.25) is 16.8 Å². The van der Waals surface area contributed by atoms with Crippen LogP contribution in [0.25, 0.3) is 6.08 Å². The number of rotatable bonds is 14. The molecule has 1 atom stereocenters. The van der Waals surface area contributed by atoms with Crippen LogP contribution in [0.5, 0.6) is 0 Å². The van der Waals surface area contributed by atoms with Crippen molar-refractivity contribution in [1.82, 2.24) is 14.6 Å². The number of hydrogen-bond acceptors (Lipinski definition) is 4. The molecule has 32 heavy (non-hydrogen) atoms. The van der Waals surface area contributed by atoms with Gasteiger partial charge in [-0.2, -0.15) is 4.31 Å². The molecule has 1 amide bonds. The van der Waals surface area contributed by atoms with Crippen LogP contribution in [-0.2, 0) is 15.7 Å². The van der Waals surface area contributed by atoms with Crippen LogP contribution in [0.3, 0.4) is 0 Å². The van der Waals surface area contributed by atoms with Gasteiger partial charge in [0.05, 0.1) is 6.67 Å². The van der Waals surface area contributed by atoms with Crippen LogP contribution in [0.15, 0.2) is 30.6 Å². The molecule has 0 saturated heterocycles. The number of nitrogens with zero attached hydrogens (tertiary/aromatic N) is 2. The highest BCUT2D eigenvalue weighted by atomic mass is 32.2. The lowest BCUT2D eigenvalue weighted by molar-refractivity contribution is -0.116. The monoisotopic (exact) mass is 467 g/mol. The Morgan fingerprint density at radius 1 is 1.25 bits per heavy atom. The maximum absolute atomic E-state index is 13.3. The van der Waals surface area contributed by atoms with Crippen LogP contribution in [0.2, 0.25) is 0 Å². The van der Waals surface area contributed by atoms with Gasteiger partial charge in [-0.25, -0.2) is 8.42 Å². The van der Waals surface area contributed by atoms with Crippen LogP contribution in [-0.4, -0.2) is 48.4 Å². The summed E-state index contributed by atoms with van der Waals surface area (Å²) in [5, 5.41) is 2.88. The van der Waals surface area contributed by atoms with Crippen LogP contribution in [0.4, 0.5) is 4.39 Å². The number of aromatic nitrogens is 1. The topological polar surface area (TPSA) is 79.4 Å². The van der Waals surface area contributed by atoms with Gasteiger partial charge < -0.3 is 5.32 Å². The molecule has 1 aliphatic carbocycles. The van der Waals surface area contributed by atoms with Crippen LogP contribution < -0.4 is 5.32 Å². The second-order valence-electron chi connectivity index (χ2n) is 8.77. The molecule has 0 spiro atoms. The molecule has 1 fully saturated rings. The molecule has 0 bridgehead atoms. The fraction of sp³-hybridized carbons (Fsp3) is 0.667. The van der Waals surface area contributed by atoms with Gasteiger partial charge in [0, 0.05) is 36.6 Å². The largest absolute Gasteiger partial charge is 0.353 e. The molecule has 2 rings (SSSR count). The van der Waals surface area contributed by atoms with Gasteiger partial charge in [-0.15, -0.1) is 0 Å². The third-order valence-corrected chi connectivity index (χ3v) is 7.55. The van der Waals surface area contributed by atoms with E-state index < -0.39 is 23.1 Å². The van der Waals surface area contributed by atoms with E-state index in [0.717, 1.165) is 69.8 Å². The third-order valence-electron chi connectivity index (χ3n) is 6.38. The summed E-state index contributed by atoms with van der Waals surface area (Å²) in [5.74, 6) is -0.122. The maximum atomic E-state index is 13.3. The number of unbranched alkanes of at least 4 members (excludes halogenated alkanes) is 3. The molecule has 0 aliphatic heterocycles. The smallest absolute Gasteiger partial charge is 0.243 e. The third kappa shape index (κ3) is 8.62. The predicted octanol–water partition coefficient (Wildman–Crippen LogP) is 4.44. The first-order chi connectivity index (χ1) is 15.5. The number of nitrogens with one attached hydrogen (secondary N) is 1.